The largest absolute Gasteiger partial charge is 0.453 e. The van der Waals surface area contributed by atoms with Crippen molar-refractivity contribution < 1.29 is 13.5 Å². The van der Waals surface area contributed by atoms with Gasteiger partial charge in [-0.2, -0.15) is 4.39 Å². The third-order valence-corrected chi connectivity index (χ3v) is 3.45. The summed E-state index contributed by atoms with van der Waals surface area (Å²) in [7, 11) is 0. The first-order valence-electron chi connectivity index (χ1n) is 6.01. The van der Waals surface area contributed by atoms with Crippen molar-refractivity contribution in [1.82, 2.24) is 4.98 Å². The molecule has 0 atom stereocenters. The zero-order valence-electron chi connectivity index (χ0n) is 10.6. The lowest BCUT2D eigenvalue weighted by Crippen LogP contribution is -1.95. The predicted octanol–water partition coefficient (Wildman–Crippen LogP) is 4.65. The minimum absolute atomic E-state index is 0.211. The van der Waals surface area contributed by atoms with Crippen LogP contribution in [0.5, 0.6) is 11.5 Å². The topological polar surface area (TPSA) is 48.1 Å². The van der Waals surface area contributed by atoms with Gasteiger partial charge in [0.15, 0.2) is 11.6 Å². The van der Waals surface area contributed by atoms with Crippen molar-refractivity contribution in [3.63, 3.8) is 0 Å². The number of hydrogen-bond donors (Lipinski definition) is 1. The highest BCUT2D eigenvalue weighted by atomic mass is 79.9. The van der Waals surface area contributed by atoms with E-state index < -0.39 is 11.6 Å². The van der Waals surface area contributed by atoms with E-state index in [0.717, 1.165) is 11.5 Å². The normalized spacial score (nSPS) is 10.8. The quantitative estimate of drug-likeness (QED) is 0.540. The number of pyridine rings is 1. The van der Waals surface area contributed by atoms with Crippen LogP contribution < -0.4 is 10.5 Å². The van der Waals surface area contributed by atoms with Crippen LogP contribution in [0.1, 0.15) is 0 Å². The molecule has 0 saturated carbocycles. The molecule has 3 aromatic rings. The van der Waals surface area contributed by atoms with Crippen molar-refractivity contribution in [1.29, 1.82) is 0 Å². The average Bonchev–Trinajstić information content (AvgIpc) is 2.47. The Balaban J connectivity index is 2.13. The van der Waals surface area contributed by atoms with Crippen LogP contribution in [-0.2, 0) is 0 Å². The van der Waals surface area contributed by atoms with Gasteiger partial charge in [-0.3, -0.25) is 4.98 Å². The number of aromatic nitrogens is 1. The molecule has 0 aliphatic heterocycles. The highest BCUT2D eigenvalue weighted by molar-refractivity contribution is 9.10. The maximum Gasteiger partial charge on any atom is 0.201 e. The van der Waals surface area contributed by atoms with Gasteiger partial charge in [-0.25, -0.2) is 4.39 Å². The lowest BCUT2D eigenvalue weighted by atomic mass is 10.1. The summed E-state index contributed by atoms with van der Waals surface area (Å²) in [6.45, 7) is 0. The summed E-state index contributed by atoms with van der Waals surface area (Å²) in [6.07, 6.45) is 3.16. The fourth-order valence-corrected chi connectivity index (χ4v) is 2.41. The summed E-state index contributed by atoms with van der Waals surface area (Å²) in [5.74, 6) is -1.90. The van der Waals surface area contributed by atoms with Crippen LogP contribution in [-0.4, -0.2) is 4.98 Å². The molecule has 3 rings (SSSR count). The van der Waals surface area contributed by atoms with Crippen molar-refractivity contribution in [3.05, 3.63) is 58.8 Å². The Bertz CT molecular complexity index is 839. The number of nitrogens with two attached hydrogens (primary N) is 1. The van der Waals surface area contributed by atoms with Gasteiger partial charge in [0.05, 0.1) is 0 Å². The number of anilines is 1. The second-order valence-electron chi connectivity index (χ2n) is 4.38. The van der Waals surface area contributed by atoms with Gasteiger partial charge >= 0.3 is 0 Å². The van der Waals surface area contributed by atoms with Gasteiger partial charge in [-0.05, 0) is 30.3 Å². The molecule has 0 amide bonds. The molecule has 0 unspecified atom stereocenters. The first-order valence-corrected chi connectivity index (χ1v) is 6.80. The molecular weight excluding hydrogens is 342 g/mol. The molecule has 21 heavy (non-hydrogen) atoms. The van der Waals surface area contributed by atoms with Crippen molar-refractivity contribution in [2.24, 2.45) is 0 Å². The molecule has 3 nitrogen and oxygen atoms in total. The Hall–Kier alpha value is -2.21. The molecule has 0 bridgehead atoms. The summed E-state index contributed by atoms with van der Waals surface area (Å²) in [5.41, 5.74) is 6.43. The Morgan fingerprint density at radius 3 is 2.67 bits per heavy atom. The molecule has 0 aliphatic carbocycles. The van der Waals surface area contributed by atoms with Gasteiger partial charge in [0.1, 0.15) is 5.75 Å². The Kier molecular flexibility index (Phi) is 3.47. The summed E-state index contributed by atoms with van der Waals surface area (Å²) < 4.78 is 33.1. The zero-order chi connectivity index (χ0) is 15.0. The number of ether oxygens (including phenoxy) is 1. The van der Waals surface area contributed by atoms with E-state index >= 15 is 0 Å². The van der Waals surface area contributed by atoms with E-state index in [1.807, 2.05) is 0 Å². The highest BCUT2D eigenvalue weighted by Crippen LogP contribution is 2.35. The molecule has 0 radical (unpaired) electrons. The van der Waals surface area contributed by atoms with Crippen LogP contribution in [0, 0.1) is 11.6 Å². The van der Waals surface area contributed by atoms with E-state index in [2.05, 4.69) is 20.9 Å². The van der Waals surface area contributed by atoms with Crippen LogP contribution in [0.2, 0.25) is 0 Å². The minimum atomic E-state index is -1.05. The van der Waals surface area contributed by atoms with Crippen molar-refractivity contribution in [3.8, 4) is 11.5 Å². The summed E-state index contributed by atoms with van der Waals surface area (Å²) in [4.78, 5) is 4.00. The third kappa shape index (κ3) is 2.54. The Morgan fingerprint density at radius 2 is 1.86 bits per heavy atom. The minimum Gasteiger partial charge on any atom is -0.453 e. The number of hydrogen-bond acceptors (Lipinski definition) is 3. The molecule has 0 aliphatic rings. The summed E-state index contributed by atoms with van der Waals surface area (Å²) >= 11 is 3.10. The highest BCUT2D eigenvalue weighted by Gasteiger charge is 2.14. The predicted molar refractivity (Wildman–Crippen MR) is 80.3 cm³/mol. The summed E-state index contributed by atoms with van der Waals surface area (Å²) in [6, 6.07) is 7.36. The second-order valence-corrected chi connectivity index (χ2v) is 5.29. The van der Waals surface area contributed by atoms with Crippen LogP contribution >= 0.6 is 15.9 Å². The number of rotatable bonds is 2. The van der Waals surface area contributed by atoms with Crippen LogP contribution in [0.3, 0.4) is 0 Å². The van der Waals surface area contributed by atoms with E-state index in [1.165, 1.54) is 6.07 Å². The van der Waals surface area contributed by atoms with E-state index in [0.29, 0.717) is 21.3 Å². The lowest BCUT2D eigenvalue weighted by Gasteiger charge is -2.11. The monoisotopic (exact) mass is 350 g/mol. The van der Waals surface area contributed by atoms with Crippen molar-refractivity contribution in [2.75, 3.05) is 5.73 Å². The number of nitrogen functional groups attached to an aromatic ring is 1. The molecule has 106 valence electrons. The second kappa shape index (κ2) is 5.29. The SMILES string of the molecule is Nc1ccc(Oc2cc(Br)cc(F)c2F)c2cnccc12. The molecule has 0 fully saturated rings. The van der Waals surface area contributed by atoms with Gasteiger partial charge in [-0.15, -0.1) is 0 Å². The molecule has 0 saturated heterocycles. The van der Waals surface area contributed by atoms with Gasteiger partial charge < -0.3 is 10.5 Å². The first kappa shape index (κ1) is 13.8. The van der Waals surface area contributed by atoms with Crippen molar-refractivity contribution >= 4 is 32.4 Å². The number of nitrogens with zero attached hydrogens (tertiary/aromatic N) is 1. The molecule has 6 heteroatoms. The first-order chi connectivity index (χ1) is 10.1. The summed E-state index contributed by atoms with van der Waals surface area (Å²) in [5, 5.41) is 1.36. The standard InChI is InChI=1S/C15H9BrF2N2O/c16-8-5-11(17)15(18)14(6-8)21-13-2-1-12(19)9-3-4-20-7-10(9)13/h1-7H,19H2. The molecule has 1 heterocycles. The number of halogens is 3. The third-order valence-electron chi connectivity index (χ3n) is 2.99. The zero-order valence-corrected chi connectivity index (χ0v) is 12.2. The van der Waals surface area contributed by atoms with Crippen LogP contribution in [0.25, 0.3) is 10.8 Å². The van der Waals surface area contributed by atoms with Gasteiger partial charge in [0.2, 0.25) is 5.82 Å². The van der Waals surface area contributed by atoms with Gasteiger partial charge in [0, 0.05) is 33.3 Å². The van der Waals surface area contributed by atoms with E-state index in [4.69, 9.17) is 10.5 Å². The fourth-order valence-electron chi connectivity index (χ4n) is 2.00. The molecule has 2 aromatic carbocycles. The van der Waals surface area contributed by atoms with E-state index in [-0.39, 0.29) is 5.75 Å². The number of benzene rings is 2. The lowest BCUT2D eigenvalue weighted by molar-refractivity contribution is 0.418. The van der Waals surface area contributed by atoms with Gasteiger partial charge in [-0.1, -0.05) is 15.9 Å². The van der Waals surface area contributed by atoms with E-state index in [1.54, 1.807) is 30.6 Å². The van der Waals surface area contributed by atoms with Crippen LogP contribution in [0.15, 0.2) is 47.2 Å². The molecular formula is C15H9BrF2N2O. The maximum absolute atomic E-state index is 13.8. The molecule has 0 spiro atoms. The maximum atomic E-state index is 13.8. The Morgan fingerprint density at radius 1 is 1.05 bits per heavy atom. The smallest absolute Gasteiger partial charge is 0.201 e. The Labute approximate surface area is 127 Å². The van der Waals surface area contributed by atoms with Crippen LogP contribution in [0.4, 0.5) is 14.5 Å². The van der Waals surface area contributed by atoms with Gasteiger partial charge in [0.25, 0.3) is 0 Å². The fraction of sp³-hybridized carbons (Fsp3) is 0. The van der Waals surface area contributed by atoms with Crippen molar-refractivity contribution in [2.45, 2.75) is 0 Å². The van der Waals surface area contributed by atoms with E-state index in [9.17, 15) is 8.78 Å². The average molecular weight is 351 g/mol. The molecule has 1 aromatic heterocycles. The number of fused-ring (bicyclic) bond motifs is 1. The molecule has 2 N–H and O–H groups in total.